The number of hydrogen-bond acceptors (Lipinski definition) is 3. The van der Waals surface area contributed by atoms with Crippen molar-refractivity contribution in [3.8, 4) is 0 Å². The normalized spacial score (nSPS) is 41.5. The zero-order valence-electron chi connectivity index (χ0n) is 14.1. The molecule has 1 aliphatic carbocycles. The average Bonchev–Trinajstić information content (AvgIpc) is 2.63. The van der Waals surface area contributed by atoms with E-state index in [-0.39, 0.29) is 5.54 Å². The number of likely N-dealkylation sites (N-methyl/N-ethyl adjacent to an activating group) is 1. The molecule has 1 saturated heterocycles. The van der Waals surface area contributed by atoms with E-state index >= 15 is 0 Å². The second kappa shape index (κ2) is 6.76. The molecule has 4 unspecified atom stereocenters. The lowest BCUT2D eigenvalue weighted by Gasteiger charge is -2.54. The molecule has 2 rings (SSSR count). The molecule has 2 aliphatic rings. The Morgan fingerprint density at radius 1 is 1.20 bits per heavy atom. The highest BCUT2D eigenvalue weighted by molar-refractivity contribution is 5.02. The second-order valence-electron chi connectivity index (χ2n) is 7.47. The van der Waals surface area contributed by atoms with Gasteiger partial charge >= 0.3 is 0 Å². The molecule has 3 nitrogen and oxygen atoms in total. The highest BCUT2D eigenvalue weighted by atomic mass is 15.3. The molecular weight excluding hydrogens is 246 g/mol. The smallest absolute Gasteiger partial charge is 0.0363 e. The third-order valence-electron chi connectivity index (χ3n) is 6.01. The monoisotopic (exact) mass is 281 g/mol. The Hall–Kier alpha value is -0.120. The Morgan fingerprint density at radius 2 is 1.95 bits per heavy atom. The van der Waals surface area contributed by atoms with Gasteiger partial charge in [-0.25, -0.2) is 0 Å². The van der Waals surface area contributed by atoms with Crippen molar-refractivity contribution < 1.29 is 0 Å². The third-order valence-corrected chi connectivity index (χ3v) is 6.01. The van der Waals surface area contributed by atoms with E-state index in [2.05, 4.69) is 37.6 Å². The Balaban J connectivity index is 2.26. The van der Waals surface area contributed by atoms with Gasteiger partial charge in [0.05, 0.1) is 0 Å². The molecular formula is C17H35N3. The van der Waals surface area contributed by atoms with Crippen molar-refractivity contribution in [3.63, 3.8) is 0 Å². The van der Waals surface area contributed by atoms with Crippen LogP contribution in [0.3, 0.4) is 0 Å². The Kier molecular flexibility index (Phi) is 5.49. The average molecular weight is 281 g/mol. The molecule has 4 atom stereocenters. The lowest BCUT2D eigenvalue weighted by molar-refractivity contribution is -0.0316. The molecule has 0 bridgehead atoms. The van der Waals surface area contributed by atoms with Gasteiger partial charge in [0, 0.05) is 31.2 Å². The first-order valence-corrected chi connectivity index (χ1v) is 8.68. The molecule has 20 heavy (non-hydrogen) atoms. The van der Waals surface area contributed by atoms with Gasteiger partial charge in [0.15, 0.2) is 0 Å². The van der Waals surface area contributed by atoms with E-state index in [1.165, 1.54) is 51.7 Å². The molecule has 0 amide bonds. The van der Waals surface area contributed by atoms with E-state index in [0.717, 1.165) is 18.4 Å². The van der Waals surface area contributed by atoms with Crippen LogP contribution in [-0.4, -0.2) is 54.6 Å². The van der Waals surface area contributed by atoms with E-state index in [1.54, 1.807) is 0 Å². The van der Waals surface area contributed by atoms with Gasteiger partial charge in [-0.3, -0.25) is 4.90 Å². The van der Waals surface area contributed by atoms with Crippen LogP contribution >= 0.6 is 0 Å². The Morgan fingerprint density at radius 3 is 2.60 bits per heavy atom. The summed E-state index contributed by atoms with van der Waals surface area (Å²) in [7, 11) is 2.27. The quantitative estimate of drug-likeness (QED) is 0.863. The predicted molar refractivity (Wildman–Crippen MR) is 86.9 cm³/mol. The van der Waals surface area contributed by atoms with Crippen LogP contribution in [0, 0.1) is 11.8 Å². The van der Waals surface area contributed by atoms with E-state index in [1.807, 2.05) is 0 Å². The molecule has 0 spiro atoms. The van der Waals surface area contributed by atoms with E-state index in [4.69, 9.17) is 5.73 Å². The van der Waals surface area contributed by atoms with Gasteiger partial charge in [-0.05, 0) is 51.1 Å². The minimum atomic E-state index is 0.253. The summed E-state index contributed by atoms with van der Waals surface area (Å²) in [5.41, 5.74) is 6.62. The van der Waals surface area contributed by atoms with Crippen molar-refractivity contribution in [2.75, 3.05) is 33.2 Å². The first-order chi connectivity index (χ1) is 9.53. The molecule has 1 saturated carbocycles. The summed E-state index contributed by atoms with van der Waals surface area (Å²) in [4.78, 5) is 5.34. The second-order valence-corrected chi connectivity index (χ2v) is 7.47. The van der Waals surface area contributed by atoms with Crippen LogP contribution in [0.15, 0.2) is 0 Å². The van der Waals surface area contributed by atoms with Crippen LogP contribution in [0.2, 0.25) is 0 Å². The molecule has 2 fully saturated rings. The highest BCUT2D eigenvalue weighted by Crippen LogP contribution is 2.42. The molecule has 1 heterocycles. The molecule has 118 valence electrons. The summed E-state index contributed by atoms with van der Waals surface area (Å²) in [5, 5.41) is 0. The molecule has 1 aliphatic heterocycles. The molecule has 0 radical (unpaired) electrons. The van der Waals surface area contributed by atoms with Crippen molar-refractivity contribution in [2.24, 2.45) is 17.6 Å². The molecule has 0 aromatic rings. The molecule has 0 aromatic heterocycles. The molecule has 3 heteroatoms. The summed E-state index contributed by atoms with van der Waals surface area (Å²) < 4.78 is 0. The number of nitrogens with two attached hydrogens (primary N) is 1. The van der Waals surface area contributed by atoms with E-state index in [9.17, 15) is 0 Å². The fourth-order valence-corrected chi connectivity index (χ4v) is 4.69. The van der Waals surface area contributed by atoms with Crippen molar-refractivity contribution in [2.45, 2.75) is 64.5 Å². The fourth-order valence-electron chi connectivity index (χ4n) is 4.69. The van der Waals surface area contributed by atoms with Gasteiger partial charge in [0.25, 0.3) is 0 Å². The number of rotatable bonds is 3. The topological polar surface area (TPSA) is 32.5 Å². The zero-order chi connectivity index (χ0) is 14.8. The maximum Gasteiger partial charge on any atom is 0.0363 e. The van der Waals surface area contributed by atoms with Gasteiger partial charge in [0.1, 0.15) is 0 Å². The maximum absolute atomic E-state index is 6.37. The first-order valence-electron chi connectivity index (χ1n) is 8.68. The standard InChI is InChI=1S/C17H35N3/c1-5-16-12-19(4)9-6-10-20(16)17(13-18)11-14(2)7-8-15(17)3/h14-16H,5-13,18H2,1-4H3. The molecule has 2 N–H and O–H groups in total. The van der Waals surface area contributed by atoms with Gasteiger partial charge in [0.2, 0.25) is 0 Å². The third kappa shape index (κ3) is 3.05. The maximum atomic E-state index is 6.37. The fraction of sp³-hybridized carbons (Fsp3) is 1.00. The highest BCUT2D eigenvalue weighted by Gasteiger charge is 2.46. The SMILES string of the molecule is CCC1CN(C)CCCN1C1(CN)CC(C)CCC1C. The van der Waals surface area contributed by atoms with Gasteiger partial charge in [-0.2, -0.15) is 0 Å². The lowest BCUT2D eigenvalue weighted by Crippen LogP contribution is -2.64. The summed E-state index contributed by atoms with van der Waals surface area (Å²) in [5.74, 6) is 1.56. The predicted octanol–water partition coefficient (Wildman–Crippen LogP) is 2.56. The first kappa shape index (κ1) is 16.3. The van der Waals surface area contributed by atoms with E-state index in [0.29, 0.717) is 6.04 Å². The van der Waals surface area contributed by atoms with Crippen molar-refractivity contribution >= 4 is 0 Å². The minimum Gasteiger partial charge on any atom is -0.329 e. The van der Waals surface area contributed by atoms with Crippen molar-refractivity contribution in [1.29, 1.82) is 0 Å². The van der Waals surface area contributed by atoms with Crippen LogP contribution in [0.1, 0.15) is 52.9 Å². The van der Waals surface area contributed by atoms with Gasteiger partial charge in [-0.15, -0.1) is 0 Å². The Labute approximate surface area is 125 Å². The van der Waals surface area contributed by atoms with E-state index < -0.39 is 0 Å². The van der Waals surface area contributed by atoms with Gasteiger partial charge in [-0.1, -0.05) is 27.2 Å². The van der Waals surface area contributed by atoms with Crippen molar-refractivity contribution in [1.82, 2.24) is 9.80 Å². The summed E-state index contributed by atoms with van der Waals surface area (Å²) in [6.07, 6.45) is 6.56. The summed E-state index contributed by atoms with van der Waals surface area (Å²) in [6, 6.07) is 0.679. The van der Waals surface area contributed by atoms with Gasteiger partial charge < -0.3 is 10.6 Å². The summed E-state index contributed by atoms with van der Waals surface area (Å²) in [6.45, 7) is 11.7. The minimum absolute atomic E-state index is 0.253. The lowest BCUT2D eigenvalue weighted by atomic mass is 9.68. The van der Waals surface area contributed by atoms with Crippen LogP contribution < -0.4 is 5.73 Å². The molecule has 0 aromatic carbocycles. The van der Waals surface area contributed by atoms with Crippen LogP contribution in [0.4, 0.5) is 0 Å². The number of nitrogens with zero attached hydrogens (tertiary/aromatic N) is 2. The number of hydrogen-bond donors (Lipinski definition) is 1. The Bertz CT molecular complexity index is 307. The zero-order valence-corrected chi connectivity index (χ0v) is 14.1. The van der Waals surface area contributed by atoms with Crippen LogP contribution in [0.25, 0.3) is 0 Å². The summed E-state index contributed by atoms with van der Waals surface area (Å²) >= 11 is 0. The van der Waals surface area contributed by atoms with Crippen LogP contribution in [0.5, 0.6) is 0 Å². The van der Waals surface area contributed by atoms with Crippen LogP contribution in [-0.2, 0) is 0 Å². The largest absolute Gasteiger partial charge is 0.329 e. The van der Waals surface area contributed by atoms with Crippen molar-refractivity contribution in [3.05, 3.63) is 0 Å².